The first-order chi connectivity index (χ1) is 9.16. The van der Waals surface area contributed by atoms with Gasteiger partial charge in [0.1, 0.15) is 11.6 Å². The number of benzene rings is 1. The maximum atomic E-state index is 11.9. The molecule has 0 radical (unpaired) electrons. The second-order valence-corrected chi connectivity index (χ2v) is 4.92. The first-order valence-corrected chi connectivity index (χ1v) is 6.69. The normalized spacial score (nSPS) is 10.6. The molecule has 1 heterocycles. The Balaban J connectivity index is 1.79. The molecule has 0 saturated heterocycles. The molecule has 3 heteroatoms. The molecule has 2 aromatic rings. The van der Waals surface area contributed by atoms with Crippen molar-refractivity contribution in [3.8, 4) is 0 Å². The fourth-order valence-electron chi connectivity index (χ4n) is 2.18. The Labute approximate surface area is 114 Å². The number of Topliss-reactive ketones (excluding diaryl/α,β-unsaturated/α-hetero) is 1. The van der Waals surface area contributed by atoms with Crippen LogP contribution in [0.15, 0.2) is 36.7 Å². The lowest BCUT2D eigenvalue weighted by Crippen LogP contribution is -2.05. The molecule has 0 spiro atoms. The number of imidazole rings is 1. The summed E-state index contributed by atoms with van der Waals surface area (Å²) >= 11 is 0. The quantitative estimate of drug-likeness (QED) is 0.796. The number of aryl methyl sites for hydroxylation is 4. The first kappa shape index (κ1) is 13.5. The zero-order valence-corrected chi connectivity index (χ0v) is 11.6. The van der Waals surface area contributed by atoms with E-state index in [4.69, 9.17) is 0 Å². The van der Waals surface area contributed by atoms with Gasteiger partial charge in [0.25, 0.3) is 0 Å². The van der Waals surface area contributed by atoms with Crippen LogP contribution in [0.3, 0.4) is 0 Å². The van der Waals surface area contributed by atoms with E-state index in [0.29, 0.717) is 18.6 Å². The Morgan fingerprint density at radius 1 is 1.21 bits per heavy atom. The summed E-state index contributed by atoms with van der Waals surface area (Å²) in [6.07, 6.45) is 6.45. The Bertz CT molecular complexity index is 557. The summed E-state index contributed by atoms with van der Waals surface area (Å²) in [6, 6.07) is 8.25. The highest BCUT2D eigenvalue weighted by atomic mass is 16.1. The second-order valence-electron chi connectivity index (χ2n) is 4.92. The van der Waals surface area contributed by atoms with Crippen LogP contribution in [0.1, 0.15) is 29.8 Å². The van der Waals surface area contributed by atoms with Gasteiger partial charge in [0.05, 0.1) is 0 Å². The molecule has 1 aromatic heterocycles. The van der Waals surface area contributed by atoms with E-state index in [-0.39, 0.29) is 0 Å². The number of carbonyl (C=O) groups excluding carboxylic acids is 1. The molecule has 2 rings (SSSR count). The molecule has 0 aliphatic rings. The van der Waals surface area contributed by atoms with E-state index < -0.39 is 0 Å². The van der Waals surface area contributed by atoms with Gasteiger partial charge in [-0.15, -0.1) is 0 Å². The lowest BCUT2D eigenvalue weighted by atomic mass is 10.0. The molecule has 0 unspecified atom stereocenters. The molecule has 0 aliphatic carbocycles. The number of hydrogen-bond acceptors (Lipinski definition) is 2. The topological polar surface area (TPSA) is 34.9 Å². The largest absolute Gasteiger partial charge is 0.338 e. The molecule has 1 aromatic carbocycles. The Morgan fingerprint density at radius 2 is 1.95 bits per heavy atom. The van der Waals surface area contributed by atoms with Crippen LogP contribution in [0.25, 0.3) is 0 Å². The molecular weight excluding hydrogens is 236 g/mol. The molecule has 3 nitrogen and oxygen atoms in total. The monoisotopic (exact) mass is 256 g/mol. The minimum atomic E-state index is 0.311. The van der Waals surface area contributed by atoms with Crippen molar-refractivity contribution < 1.29 is 4.79 Å². The van der Waals surface area contributed by atoms with Crippen molar-refractivity contribution in [2.45, 2.75) is 32.6 Å². The van der Waals surface area contributed by atoms with Crippen molar-refractivity contribution in [3.05, 3.63) is 53.6 Å². The molecule has 0 fully saturated rings. The van der Waals surface area contributed by atoms with Crippen LogP contribution in [-0.4, -0.2) is 15.3 Å². The van der Waals surface area contributed by atoms with Crippen molar-refractivity contribution in [1.82, 2.24) is 9.55 Å². The predicted molar refractivity (Wildman–Crippen MR) is 76.0 cm³/mol. The van der Waals surface area contributed by atoms with Crippen LogP contribution in [0.2, 0.25) is 0 Å². The van der Waals surface area contributed by atoms with Gasteiger partial charge in [-0.3, -0.25) is 4.79 Å². The highest BCUT2D eigenvalue weighted by Gasteiger charge is 2.07. The predicted octanol–water partition coefficient (Wildman–Crippen LogP) is 2.86. The maximum Gasteiger partial charge on any atom is 0.133 e. The van der Waals surface area contributed by atoms with Crippen molar-refractivity contribution >= 4 is 5.78 Å². The third kappa shape index (κ3) is 3.78. The van der Waals surface area contributed by atoms with E-state index in [1.54, 1.807) is 6.20 Å². The van der Waals surface area contributed by atoms with Gasteiger partial charge >= 0.3 is 0 Å². The maximum absolute atomic E-state index is 11.9. The van der Waals surface area contributed by atoms with E-state index in [1.807, 2.05) is 29.9 Å². The van der Waals surface area contributed by atoms with Gasteiger partial charge in [-0.05, 0) is 24.5 Å². The standard InChI is InChI=1S/C16H20N2O/c1-13-5-3-4-6-14(13)7-8-15(19)9-10-16-17-11-12-18(16)2/h3-6,11-12H,7-10H2,1-2H3. The SMILES string of the molecule is Cc1ccccc1CCC(=O)CCc1nccn1C. The zero-order chi connectivity index (χ0) is 13.7. The van der Waals surface area contributed by atoms with Gasteiger partial charge in [0.2, 0.25) is 0 Å². The van der Waals surface area contributed by atoms with Crippen molar-refractivity contribution in [3.63, 3.8) is 0 Å². The van der Waals surface area contributed by atoms with Gasteiger partial charge in [0, 0.05) is 38.7 Å². The molecule has 0 saturated carbocycles. The third-order valence-corrected chi connectivity index (χ3v) is 3.48. The third-order valence-electron chi connectivity index (χ3n) is 3.48. The van der Waals surface area contributed by atoms with E-state index in [9.17, 15) is 4.79 Å². The lowest BCUT2D eigenvalue weighted by Gasteiger charge is -2.05. The van der Waals surface area contributed by atoms with Gasteiger partial charge in [0.15, 0.2) is 0 Å². The average Bonchev–Trinajstić information content (AvgIpc) is 2.81. The summed E-state index contributed by atoms with van der Waals surface area (Å²) in [5.41, 5.74) is 2.53. The summed E-state index contributed by atoms with van der Waals surface area (Å²) in [7, 11) is 1.96. The van der Waals surface area contributed by atoms with Gasteiger partial charge < -0.3 is 4.57 Å². The number of nitrogens with zero attached hydrogens (tertiary/aromatic N) is 2. The molecule has 0 aliphatic heterocycles. The fourth-order valence-corrected chi connectivity index (χ4v) is 2.18. The molecule has 100 valence electrons. The smallest absolute Gasteiger partial charge is 0.133 e. The zero-order valence-electron chi connectivity index (χ0n) is 11.6. The average molecular weight is 256 g/mol. The number of aromatic nitrogens is 2. The molecule has 0 amide bonds. The summed E-state index contributed by atoms with van der Waals surface area (Å²) in [5.74, 6) is 1.29. The molecular formula is C16H20N2O. The summed E-state index contributed by atoms with van der Waals surface area (Å²) in [5, 5.41) is 0. The lowest BCUT2D eigenvalue weighted by molar-refractivity contribution is -0.119. The molecule has 19 heavy (non-hydrogen) atoms. The van der Waals surface area contributed by atoms with E-state index in [2.05, 4.69) is 24.0 Å². The van der Waals surface area contributed by atoms with E-state index in [0.717, 1.165) is 18.7 Å². The number of rotatable bonds is 6. The Kier molecular flexibility index (Phi) is 4.50. The second kappa shape index (κ2) is 6.32. The molecule has 0 N–H and O–H groups in total. The van der Waals surface area contributed by atoms with E-state index in [1.165, 1.54) is 11.1 Å². The minimum absolute atomic E-state index is 0.311. The fraction of sp³-hybridized carbons (Fsp3) is 0.375. The van der Waals surface area contributed by atoms with Crippen molar-refractivity contribution in [1.29, 1.82) is 0 Å². The Morgan fingerprint density at radius 3 is 2.63 bits per heavy atom. The summed E-state index contributed by atoms with van der Waals surface area (Å²) in [6.45, 7) is 2.09. The molecule has 0 bridgehead atoms. The molecule has 0 atom stereocenters. The minimum Gasteiger partial charge on any atom is -0.338 e. The number of carbonyl (C=O) groups is 1. The van der Waals surface area contributed by atoms with Crippen LogP contribution in [-0.2, 0) is 24.7 Å². The first-order valence-electron chi connectivity index (χ1n) is 6.69. The highest BCUT2D eigenvalue weighted by molar-refractivity contribution is 5.78. The summed E-state index contributed by atoms with van der Waals surface area (Å²) < 4.78 is 1.97. The highest BCUT2D eigenvalue weighted by Crippen LogP contribution is 2.11. The van der Waals surface area contributed by atoms with Crippen molar-refractivity contribution in [2.24, 2.45) is 7.05 Å². The number of ketones is 1. The van der Waals surface area contributed by atoms with Crippen LogP contribution in [0, 0.1) is 6.92 Å². The van der Waals surface area contributed by atoms with Crippen molar-refractivity contribution in [2.75, 3.05) is 0 Å². The van der Waals surface area contributed by atoms with Gasteiger partial charge in [-0.2, -0.15) is 0 Å². The van der Waals surface area contributed by atoms with Crippen LogP contribution >= 0.6 is 0 Å². The van der Waals surface area contributed by atoms with E-state index >= 15 is 0 Å². The van der Waals surface area contributed by atoms with Gasteiger partial charge in [-0.25, -0.2) is 4.98 Å². The van der Waals surface area contributed by atoms with Gasteiger partial charge in [-0.1, -0.05) is 24.3 Å². The van der Waals surface area contributed by atoms with Crippen LogP contribution in [0.5, 0.6) is 0 Å². The summed E-state index contributed by atoms with van der Waals surface area (Å²) in [4.78, 5) is 16.1. The van der Waals surface area contributed by atoms with Crippen LogP contribution < -0.4 is 0 Å². The Hall–Kier alpha value is -1.90. The van der Waals surface area contributed by atoms with Crippen LogP contribution in [0.4, 0.5) is 0 Å². The number of hydrogen-bond donors (Lipinski definition) is 0.